The summed E-state index contributed by atoms with van der Waals surface area (Å²) in [5.41, 5.74) is 3.03. The third kappa shape index (κ3) is 5.48. The van der Waals surface area contributed by atoms with Crippen molar-refractivity contribution < 1.29 is 18.6 Å². The van der Waals surface area contributed by atoms with Crippen LogP contribution >= 0.6 is 0 Å². The number of rotatable bonds is 11. The van der Waals surface area contributed by atoms with E-state index in [1.165, 1.54) is 0 Å². The molecule has 0 radical (unpaired) electrons. The molecule has 3 aromatic rings. The van der Waals surface area contributed by atoms with Gasteiger partial charge in [0.1, 0.15) is 12.0 Å². The maximum atomic E-state index is 15.5. The number of alkyl halides is 1. The molecule has 9 nitrogen and oxygen atoms in total. The number of ether oxygens (including phenoxy) is 3. The van der Waals surface area contributed by atoms with Crippen LogP contribution in [-0.2, 0) is 9.47 Å². The van der Waals surface area contributed by atoms with Crippen molar-refractivity contribution in [1.82, 2.24) is 24.6 Å². The molecule has 2 aliphatic rings. The van der Waals surface area contributed by atoms with Crippen LogP contribution < -0.4 is 9.64 Å². The summed E-state index contributed by atoms with van der Waals surface area (Å²) in [6, 6.07) is 6.77. The monoisotopic (exact) mass is 526 g/mol. The fraction of sp³-hybridized carbons (Fsp3) is 0.607. The van der Waals surface area contributed by atoms with Gasteiger partial charge < -0.3 is 19.1 Å². The average Bonchev–Trinajstić information content (AvgIpc) is 3.30. The van der Waals surface area contributed by atoms with Crippen LogP contribution in [0.5, 0.6) is 6.01 Å². The normalized spacial score (nSPS) is 20.6. The van der Waals surface area contributed by atoms with Crippen LogP contribution in [0.1, 0.15) is 43.7 Å². The zero-order chi connectivity index (χ0) is 26.6. The summed E-state index contributed by atoms with van der Waals surface area (Å²) in [5.74, 6) is 1.22. The van der Waals surface area contributed by atoms with E-state index in [0.29, 0.717) is 44.8 Å². The summed E-state index contributed by atoms with van der Waals surface area (Å²) in [7, 11) is 1.57. The van der Waals surface area contributed by atoms with Gasteiger partial charge in [0.05, 0.1) is 44.7 Å². The molecule has 2 aliphatic heterocycles. The lowest BCUT2D eigenvalue weighted by Crippen LogP contribution is -2.54. The molecule has 1 aromatic carbocycles. The molecule has 0 spiro atoms. The predicted molar refractivity (Wildman–Crippen MR) is 145 cm³/mol. The molecular formula is C28H39FN6O3. The Bertz CT molecular complexity index is 1230. The van der Waals surface area contributed by atoms with E-state index in [0.717, 1.165) is 60.4 Å². The van der Waals surface area contributed by atoms with Crippen LogP contribution in [0, 0.1) is 6.92 Å². The highest BCUT2D eigenvalue weighted by Crippen LogP contribution is 2.36. The van der Waals surface area contributed by atoms with Crippen molar-refractivity contribution in [2.24, 2.45) is 0 Å². The van der Waals surface area contributed by atoms with Gasteiger partial charge in [-0.25, -0.2) is 9.07 Å². The zero-order valence-corrected chi connectivity index (χ0v) is 22.9. The van der Waals surface area contributed by atoms with E-state index < -0.39 is 6.17 Å². The Hall–Kier alpha value is -2.82. The molecule has 0 amide bonds. The summed E-state index contributed by atoms with van der Waals surface area (Å²) in [6.45, 7) is 11.9. The molecule has 0 bridgehead atoms. The first-order valence-corrected chi connectivity index (χ1v) is 13.7. The minimum Gasteiger partial charge on any atom is -0.467 e. The van der Waals surface area contributed by atoms with Gasteiger partial charge in [-0.05, 0) is 56.5 Å². The second-order valence-corrected chi connectivity index (χ2v) is 10.2. The number of benzene rings is 1. The van der Waals surface area contributed by atoms with Crippen molar-refractivity contribution in [2.75, 3.05) is 64.6 Å². The number of likely N-dealkylation sites (tertiary alicyclic amines) is 1. The second-order valence-electron chi connectivity index (χ2n) is 10.2. The Morgan fingerprint density at radius 2 is 2.00 bits per heavy atom. The van der Waals surface area contributed by atoms with E-state index in [1.54, 1.807) is 7.11 Å². The smallest absolute Gasteiger partial charge is 0.320 e. The predicted octanol–water partition coefficient (Wildman–Crippen LogP) is 3.91. The lowest BCUT2D eigenvalue weighted by atomic mass is 9.84. The van der Waals surface area contributed by atoms with Gasteiger partial charge in [0.15, 0.2) is 5.82 Å². The number of nitrogens with zero attached hydrogens (tertiary/aromatic N) is 6. The molecule has 2 atom stereocenters. The minimum absolute atomic E-state index is 0.144. The molecule has 0 aliphatic carbocycles. The highest BCUT2D eigenvalue weighted by molar-refractivity contribution is 5.82. The van der Waals surface area contributed by atoms with Gasteiger partial charge >= 0.3 is 6.01 Å². The standard InChI is InChI=1S/C28H39FN6O3/c1-5-10-37-11-9-33(6-2)26-14-27(32-28(31-26)36-4)35-25-13-23(19(3)12-20(25)15-30-35)22-7-8-34(16-24(22)29)21-17-38-18-21/h12-15,21-22,24H,5-11,16-18H2,1-4H3. The lowest BCUT2D eigenvalue weighted by molar-refractivity contribution is -0.0807. The first-order chi connectivity index (χ1) is 18.5. The van der Waals surface area contributed by atoms with E-state index in [1.807, 2.05) is 16.9 Å². The van der Waals surface area contributed by atoms with Gasteiger partial charge in [0.2, 0.25) is 0 Å². The Morgan fingerprint density at radius 3 is 2.68 bits per heavy atom. The number of aryl methyl sites for hydroxylation is 1. The van der Waals surface area contributed by atoms with E-state index >= 15 is 4.39 Å². The fourth-order valence-electron chi connectivity index (χ4n) is 5.45. The Morgan fingerprint density at radius 1 is 1.16 bits per heavy atom. The number of methoxy groups -OCH3 is 1. The van der Waals surface area contributed by atoms with Crippen LogP contribution in [0.3, 0.4) is 0 Å². The van der Waals surface area contributed by atoms with Crippen molar-refractivity contribution in [3.8, 4) is 11.8 Å². The molecule has 2 aromatic heterocycles. The molecule has 5 rings (SSSR count). The summed E-state index contributed by atoms with van der Waals surface area (Å²) in [4.78, 5) is 13.6. The van der Waals surface area contributed by atoms with Crippen molar-refractivity contribution >= 4 is 16.7 Å². The van der Waals surface area contributed by atoms with Gasteiger partial charge in [-0.2, -0.15) is 15.1 Å². The molecule has 4 heterocycles. The average molecular weight is 527 g/mol. The largest absolute Gasteiger partial charge is 0.467 e. The lowest BCUT2D eigenvalue weighted by Gasteiger charge is -2.43. The number of likely N-dealkylation sites (N-methyl/N-ethyl adjacent to an activating group) is 1. The summed E-state index contributed by atoms with van der Waals surface area (Å²) < 4.78 is 33.8. The Balaban J connectivity index is 1.44. The minimum atomic E-state index is -0.921. The number of hydrogen-bond acceptors (Lipinski definition) is 8. The Kier molecular flexibility index (Phi) is 8.40. The molecule has 38 heavy (non-hydrogen) atoms. The SMILES string of the molecule is CCCOCCN(CC)c1cc(-n2ncc3cc(C)c(C4CCN(C5COC5)CC4F)cc32)nc(OC)n1. The number of anilines is 1. The van der Waals surface area contributed by atoms with Crippen molar-refractivity contribution in [3.63, 3.8) is 0 Å². The van der Waals surface area contributed by atoms with Crippen LogP contribution in [0.4, 0.5) is 10.2 Å². The molecule has 206 valence electrons. The van der Waals surface area contributed by atoms with Crippen LogP contribution in [0.15, 0.2) is 24.4 Å². The molecule has 2 fully saturated rings. The second kappa shape index (κ2) is 11.9. The van der Waals surface area contributed by atoms with Gasteiger partial charge in [-0.15, -0.1) is 0 Å². The maximum absolute atomic E-state index is 15.5. The van der Waals surface area contributed by atoms with Crippen molar-refractivity contribution in [1.29, 1.82) is 0 Å². The zero-order valence-electron chi connectivity index (χ0n) is 22.9. The van der Waals surface area contributed by atoms with Crippen LogP contribution in [-0.4, -0.2) is 96.6 Å². The number of aromatic nitrogens is 4. The number of fused-ring (bicyclic) bond motifs is 1. The van der Waals surface area contributed by atoms with Gasteiger partial charge in [-0.1, -0.05) is 6.92 Å². The van der Waals surface area contributed by atoms with Crippen LogP contribution in [0.2, 0.25) is 0 Å². The quantitative estimate of drug-likeness (QED) is 0.348. The van der Waals surface area contributed by atoms with Crippen molar-refractivity contribution in [3.05, 3.63) is 35.5 Å². The third-order valence-electron chi connectivity index (χ3n) is 7.70. The number of hydrogen-bond donors (Lipinski definition) is 0. The molecule has 10 heteroatoms. The Labute approximate surface area is 223 Å². The van der Waals surface area contributed by atoms with E-state index in [9.17, 15) is 0 Å². The van der Waals surface area contributed by atoms with Gasteiger partial charge in [-0.3, -0.25) is 4.90 Å². The third-order valence-corrected chi connectivity index (χ3v) is 7.70. The van der Waals surface area contributed by atoms with Crippen LogP contribution in [0.25, 0.3) is 16.7 Å². The first-order valence-electron chi connectivity index (χ1n) is 13.7. The van der Waals surface area contributed by atoms with Crippen molar-refractivity contribution in [2.45, 2.75) is 51.7 Å². The van der Waals surface area contributed by atoms with Gasteiger partial charge in [0.25, 0.3) is 0 Å². The van der Waals surface area contributed by atoms with Gasteiger partial charge in [0, 0.05) is 43.6 Å². The first kappa shape index (κ1) is 26.8. The van der Waals surface area contributed by atoms with E-state index in [-0.39, 0.29) is 11.9 Å². The number of halogens is 1. The summed E-state index contributed by atoms with van der Waals surface area (Å²) >= 11 is 0. The van der Waals surface area contributed by atoms with E-state index in [2.05, 4.69) is 57.8 Å². The fourth-order valence-corrected chi connectivity index (χ4v) is 5.45. The number of piperidine rings is 1. The highest BCUT2D eigenvalue weighted by atomic mass is 19.1. The van der Waals surface area contributed by atoms with E-state index in [4.69, 9.17) is 14.2 Å². The topological polar surface area (TPSA) is 77.8 Å². The maximum Gasteiger partial charge on any atom is 0.320 e. The molecular weight excluding hydrogens is 487 g/mol. The molecule has 2 unspecified atom stereocenters. The molecule has 0 saturated carbocycles. The summed E-state index contributed by atoms with van der Waals surface area (Å²) in [5, 5.41) is 5.66. The molecule has 2 saturated heterocycles. The summed E-state index contributed by atoms with van der Waals surface area (Å²) in [6.07, 6.45) is 2.69. The highest BCUT2D eigenvalue weighted by Gasteiger charge is 2.36. The molecule has 0 N–H and O–H groups in total.